The van der Waals surface area contributed by atoms with Gasteiger partial charge in [0.2, 0.25) is 22.1 Å². The summed E-state index contributed by atoms with van der Waals surface area (Å²) in [6, 6.07) is -0.113. The van der Waals surface area contributed by atoms with Crippen LogP contribution in [-0.2, 0) is 9.59 Å². The van der Waals surface area contributed by atoms with Crippen LogP contribution in [0.5, 0.6) is 0 Å². The highest BCUT2D eigenvalue weighted by molar-refractivity contribution is 7.19. The molecule has 3 saturated heterocycles. The van der Waals surface area contributed by atoms with Gasteiger partial charge in [-0.1, -0.05) is 11.3 Å². The van der Waals surface area contributed by atoms with E-state index < -0.39 is 0 Å². The molecule has 1 aromatic rings. The lowest BCUT2D eigenvalue weighted by Gasteiger charge is -2.32. The van der Waals surface area contributed by atoms with Crippen LogP contribution in [0, 0.1) is 0 Å². The second-order valence-electron chi connectivity index (χ2n) is 6.75. The standard InChI is InChI=1S/C16H23N5O2S/c22-13-7-5-11-21(13)16-18-17-15(24-16)20-10-4-6-12(20)14(23)19-8-2-1-3-9-19/h12H,1-11H2. The summed E-state index contributed by atoms with van der Waals surface area (Å²) in [6.45, 7) is 3.33. The molecule has 8 heteroatoms. The number of likely N-dealkylation sites (tertiary alicyclic amines) is 1. The average molecular weight is 349 g/mol. The van der Waals surface area contributed by atoms with Gasteiger partial charge in [-0.15, -0.1) is 10.2 Å². The smallest absolute Gasteiger partial charge is 0.245 e. The van der Waals surface area contributed by atoms with E-state index in [1.54, 1.807) is 4.90 Å². The molecule has 0 saturated carbocycles. The summed E-state index contributed by atoms with van der Waals surface area (Å²) in [7, 11) is 0. The topological polar surface area (TPSA) is 69.6 Å². The lowest BCUT2D eigenvalue weighted by Crippen LogP contribution is -2.47. The third-order valence-electron chi connectivity index (χ3n) is 5.16. The number of hydrogen-bond acceptors (Lipinski definition) is 6. The molecule has 2 amide bonds. The molecular weight excluding hydrogens is 326 g/mol. The molecule has 24 heavy (non-hydrogen) atoms. The number of hydrogen-bond donors (Lipinski definition) is 0. The van der Waals surface area contributed by atoms with Gasteiger partial charge in [0.15, 0.2) is 0 Å². The van der Waals surface area contributed by atoms with Gasteiger partial charge in [0.25, 0.3) is 0 Å². The lowest BCUT2D eigenvalue weighted by molar-refractivity contribution is -0.133. The van der Waals surface area contributed by atoms with Crippen molar-refractivity contribution in [1.29, 1.82) is 0 Å². The average Bonchev–Trinajstić information content (AvgIpc) is 3.34. The first kappa shape index (κ1) is 15.8. The van der Waals surface area contributed by atoms with Crippen LogP contribution in [0.4, 0.5) is 10.3 Å². The number of nitrogens with zero attached hydrogens (tertiary/aromatic N) is 5. The fourth-order valence-electron chi connectivity index (χ4n) is 3.86. The number of amides is 2. The number of anilines is 2. The van der Waals surface area contributed by atoms with Crippen LogP contribution in [0.2, 0.25) is 0 Å². The number of rotatable bonds is 3. The van der Waals surface area contributed by atoms with Gasteiger partial charge < -0.3 is 9.80 Å². The van der Waals surface area contributed by atoms with E-state index in [0.717, 1.165) is 63.4 Å². The lowest BCUT2D eigenvalue weighted by atomic mass is 10.1. The van der Waals surface area contributed by atoms with Gasteiger partial charge in [0.05, 0.1) is 0 Å². The Kier molecular flexibility index (Phi) is 4.39. The minimum atomic E-state index is -0.113. The van der Waals surface area contributed by atoms with Crippen molar-refractivity contribution < 1.29 is 9.59 Å². The van der Waals surface area contributed by atoms with Gasteiger partial charge in [-0.2, -0.15) is 0 Å². The molecular formula is C16H23N5O2S. The molecule has 0 N–H and O–H groups in total. The Morgan fingerprint density at radius 2 is 1.75 bits per heavy atom. The molecule has 7 nitrogen and oxygen atoms in total. The zero-order valence-electron chi connectivity index (χ0n) is 13.8. The van der Waals surface area contributed by atoms with Crippen LogP contribution in [0.1, 0.15) is 44.9 Å². The molecule has 0 bridgehead atoms. The Bertz CT molecular complexity index is 628. The second kappa shape index (κ2) is 6.66. The van der Waals surface area contributed by atoms with Crippen molar-refractivity contribution in [3.05, 3.63) is 0 Å². The third-order valence-corrected chi connectivity index (χ3v) is 6.14. The van der Waals surface area contributed by atoms with Gasteiger partial charge in [-0.25, -0.2) is 0 Å². The molecule has 4 rings (SSSR count). The highest BCUT2D eigenvalue weighted by Gasteiger charge is 2.36. The zero-order chi connectivity index (χ0) is 16.5. The normalized spacial score (nSPS) is 24.9. The van der Waals surface area contributed by atoms with Gasteiger partial charge >= 0.3 is 0 Å². The molecule has 1 atom stereocenters. The van der Waals surface area contributed by atoms with Gasteiger partial charge in [-0.3, -0.25) is 14.5 Å². The zero-order valence-corrected chi connectivity index (χ0v) is 14.6. The minimum Gasteiger partial charge on any atom is -0.341 e. The molecule has 0 radical (unpaired) electrons. The van der Waals surface area contributed by atoms with Crippen molar-refractivity contribution in [2.24, 2.45) is 0 Å². The quantitative estimate of drug-likeness (QED) is 0.830. The minimum absolute atomic E-state index is 0.113. The van der Waals surface area contributed by atoms with Crippen LogP contribution in [0.15, 0.2) is 0 Å². The van der Waals surface area contributed by atoms with Crippen molar-refractivity contribution >= 4 is 33.4 Å². The summed E-state index contributed by atoms with van der Waals surface area (Å²) in [5.74, 6) is 0.362. The summed E-state index contributed by atoms with van der Waals surface area (Å²) >= 11 is 1.44. The van der Waals surface area contributed by atoms with Crippen molar-refractivity contribution in [3.8, 4) is 0 Å². The maximum atomic E-state index is 12.9. The summed E-state index contributed by atoms with van der Waals surface area (Å²) in [5, 5.41) is 9.94. The summed E-state index contributed by atoms with van der Waals surface area (Å²) < 4.78 is 0. The SMILES string of the molecule is O=C(C1CCCN1c1nnc(N2CCCC2=O)s1)N1CCCCC1. The number of aromatic nitrogens is 2. The predicted octanol–water partition coefficient (Wildman–Crippen LogP) is 1.65. The second-order valence-corrected chi connectivity index (χ2v) is 7.69. The van der Waals surface area contributed by atoms with Gasteiger partial charge in [0, 0.05) is 32.6 Å². The largest absolute Gasteiger partial charge is 0.341 e. The van der Waals surface area contributed by atoms with Crippen LogP contribution < -0.4 is 9.80 Å². The van der Waals surface area contributed by atoms with Crippen LogP contribution in [0.3, 0.4) is 0 Å². The van der Waals surface area contributed by atoms with E-state index in [9.17, 15) is 9.59 Å². The number of piperidine rings is 1. The van der Waals surface area contributed by atoms with Gasteiger partial charge in [0.1, 0.15) is 6.04 Å². The van der Waals surface area contributed by atoms with E-state index in [1.165, 1.54) is 17.8 Å². The van der Waals surface area contributed by atoms with E-state index in [1.807, 2.05) is 4.90 Å². The van der Waals surface area contributed by atoms with Crippen LogP contribution >= 0.6 is 11.3 Å². The van der Waals surface area contributed by atoms with E-state index in [2.05, 4.69) is 15.1 Å². The molecule has 0 spiro atoms. The maximum absolute atomic E-state index is 12.9. The molecule has 1 unspecified atom stereocenters. The van der Waals surface area contributed by atoms with Crippen LogP contribution in [0.25, 0.3) is 0 Å². The number of carbonyl (C=O) groups is 2. The van der Waals surface area contributed by atoms with E-state index >= 15 is 0 Å². The Morgan fingerprint density at radius 1 is 0.958 bits per heavy atom. The molecule has 3 aliphatic heterocycles. The van der Waals surface area contributed by atoms with Crippen molar-refractivity contribution in [1.82, 2.24) is 15.1 Å². The van der Waals surface area contributed by atoms with E-state index in [4.69, 9.17) is 0 Å². The van der Waals surface area contributed by atoms with Crippen molar-refractivity contribution in [2.45, 2.75) is 51.0 Å². The van der Waals surface area contributed by atoms with Gasteiger partial charge in [-0.05, 0) is 38.5 Å². The first-order valence-electron chi connectivity index (χ1n) is 8.93. The van der Waals surface area contributed by atoms with Crippen LogP contribution in [-0.4, -0.2) is 59.1 Å². The first-order chi connectivity index (χ1) is 11.7. The van der Waals surface area contributed by atoms with E-state index in [0.29, 0.717) is 11.6 Å². The summed E-state index contributed by atoms with van der Waals surface area (Å²) in [4.78, 5) is 30.6. The van der Waals surface area contributed by atoms with Crippen molar-refractivity contribution in [3.63, 3.8) is 0 Å². The monoisotopic (exact) mass is 349 g/mol. The molecule has 4 heterocycles. The highest BCUT2D eigenvalue weighted by atomic mass is 32.1. The Morgan fingerprint density at radius 3 is 2.50 bits per heavy atom. The number of carbonyl (C=O) groups excluding carboxylic acids is 2. The molecule has 0 aliphatic carbocycles. The third kappa shape index (κ3) is 2.87. The molecule has 130 valence electrons. The van der Waals surface area contributed by atoms with Crippen molar-refractivity contribution in [2.75, 3.05) is 36.0 Å². The van der Waals surface area contributed by atoms with E-state index in [-0.39, 0.29) is 17.9 Å². The fraction of sp³-hybridized carbons (Fsp3) is 0.750. The highest BCUT2D eigenvalue weighted by Crippen LogP contribution is 2.34. The predicted molar refractivity (Wildman–Crippen MR) is 92.3 cm³/mol. The molecule has 1 aromatic heterocycles. The summed E-state index contributed by atoms with van der Waals surface area (Å²) in [6.07, 6.45) is 6.80. The Balaban J connectivity index is 1.49. The fourth-order valence-corrected chi connectivity index (χ4v) is 4.83. The Hall–Kier alpha value is -1.70. The molecule has 3 aliphatic rings. The Labute approximate surface area is 145 Å². The first-order valence-corrected chi connectivity index (χ1v) is 9.75. The molecule has 0 aromatic carbocycles. The maximum Gasteiger partial charge on any atom is 0.245 e. The molecule has 3 fully saturated rings. The summed E-state index contributed by atoms with van der Waals surface area (Å²) in [5.41, 5.74) is 0.